The van der Waals surface area contributed by atoms with E-state index < -0.39 is 22.9 Å². The van der Waals surface area contributed by atoms with Crippen LogP contribution in [0, 0.1) is 17.0 Å². The first kappa shape index (κ1) is 20.8. The molecule has 1 aliphatic heterocycles. The number of allylic oxidation sites excluding steroid dienone is 1. The lowest BCUT2D eigenvalue weighted by Crippen LogP contribution is -2.46. The van der Waals surface area contributed by atoms with Crippen molar-refractivity contribution in [1.29, 1.82) is 0 Å². The van der Waals surface area contributed by atoms with Gasteiger partial charge in [-0.15, -0.1) is 0 Å². The molecule has 2 aromatic rings. The molecular formula is C19H16BrClN4O4. The van der Waals surface area contributed by atoms with Crippen molar-refractivity contribution in [2.24, 2.45) is 0 Å². The van der Waals surface area contributed by atoms with E-state index in [1.807, 2.05) is 6.92 Å². The zero-order valence-electron chi connectivity index (χ0n) is 15.4. The van der Waals surface area contributed by atoms with Crippen molar-refractivity contribution in [1.82, 2.24) is 10.6 Å². The molecule has 0 radical (unpaired) electrons. The van der Waals surface area contributed by atoms with E-state index in [0.717, 1.165) is 5.56 Å². The molecule has 150 valence electrons. The number of anilines is 1. The molecule has 0 bridgehead atoms. The Balaban J connectivity index is 2.02. The minimum Gasteiger partial charge on any atom is -0.327 e. The van der Waals surface area contributed by atoms with Gasteiger partial charge in [0, 0.05) is 22.5 Å². The molecule has 1 atom stereocenters. The van der Waals surface area contributed by atoms with Crippen molar-refractivity contribution in [3.8, 4) is 0 Å². The number of nitro benzene ring substituents is 1. The molecule has 1 heterocycles. The Hall–Kier alpha value is -2.91. The molecule has 29 heavy (non-hydrogen) atoms. The molecule has 8 nitrogen and oxygen atoms in total. The molecular weight excluding hydrogens is 464 g/mol. The van der Waals surface area contributed by atoms with Gasteiger partial charge in [-0.3, -0.25) is 14.9 Å². The molecule has 3 amide bonds. The Morgan fingerprint density at radius 3 is 2.66 bits per heavy atom. The van der Waals surface area contributed by atoms with E-state index >= 15 is 0 Å². The third-order valence-corrected chi connectivity index (χ3v) is 5.37. The number of hydrogen-bond acceptors (Lipinski definition) is 4. The maximum Gasteiger partial charge on any atom is 0.319 e. The molecule has 3 N–H and O–H groups in total. The highest BCUT2D eigenvalue weighted by atomic mass is 79.9. The number of nitrogens with zero attached hydrogens (tertiary/aromatic N) is 1. The fourth-order valence-electron chi connectivity index (χ4n) is 3.01. The third-order valence-electron chi connectivity index (χ3n) is 4.46. The molecule has 0 saturated heterocycles. The number of carbonyl (C=O) groups excluding carboxylic acids is 2. The number of urea groups is 1. The maximum absolute atomic E-state index is 13.1. The Labute approximate surface area is 179 Å². The summed E-state index contributed by atoms with van der Waals surface area (Å²) in [6.07, 6.45) is 0. The van der Waals surface area contributed by atoms with Crippen LogP contribution in [-0.2, 0) is 4.79 Å². The Morgan fingerprint density at radius 1 is 1.24 bits per heavy atom. The van der Waals surface area contributed by atoms with Crippen LogP contribution in [0.3, 0.4) is 0 Å². The van der Waals surface area contributed by atoms with Gasteiger partial charge in [0.05, 0.1) is 21.0 Å². The van der Waals surface area contributed by atoms with Crippen LogP contribution in [0.4, 0.5) is 16.2 Å². The topological polar surface area (TPSA) is 113 Å². The van der Waals surface area contributed by atoms with Gasteiger partial charge in [0.2, 0.25) is 0 Å². The van der Waals surface area contributed by atoms with Gasteiger partial charge in [0.25, 0.3) is 11.6 Å². The van der Waals surface area contributed by atoms with Gasteiger partial charge in [-0.1, -0.05) is 23.7 Å². The van der Waals surface area contributed by atoms with Crippen LogP contribution >= 0.6 is 27.5 Å². The predicted molar refractivity (Wildman–Crippen MR) is 113 cm³/mol. The van der Waals surface area contributed by atoms with Crippen molar-refractivity contribution in [3.05, 3.63) is 78.4 Å². The maximum atomic E-state index is 13.1. The molecule has 0 aromatic heterocycles. The number of nitrogens with one attached hydrogen (secondary N) is 3. The fraction of sp³-hybridized carbons (Fsp3) is 0.158. The highest BCUT2D eigenvalue weighted by molar-refractivity contribution is 9.10. The van der Waals surface area contributed by atoms with Crippen LogP contribution in [0.15, 0.2) is 52.1 Å². The van der Waals surface area contributed by atoms with Crippen LogP contribution in [0.1, 0.15) is 24.1 Å². The second-order valence-corrected chi connectivity index (χ2v) is 7.74. The summed E-state index contributed by atoms with van der Waals surface area (Å²) in [7, 11) is 0. The minimum atomic E-state index is -0.866. The summed E-state index contributed by atoms with van der Waals surface area (Å²) in [5.74, 6) is -0.462. The second kappa shape index (κ2) is 8.22. The van der Waals surface area contributed by atoms with Crippen LogP contribution < -0.4 is 16.0 Å². The molecule has 10 heteroatoms. The van der Waals surface area contributed by atoms with Crippen molar-refractivity contribution in [2.45, 2.75) is 19.9 Å². The highest BCUT2D eigenvalue weighted by Crippen LogP contribution is 2.33. The zero-order chi connectivity index (χ0) is 21.3. The molecule has 0 saturated carbocycles. The zero-order valence-corrected chi connectivity index (χ0v) is 17.7. The van der Waals surface area contributed by atoms with Crippen LogP contribution in [-0.4, -0.2) is 16.9 Å². The summed E-state index contributed by atoms with van der Waals surface area (Å²) in [4.78, 5) is 35.8. The van der Waals surface area contributed by atoms with Gasteiger partial charge < -0.3 is 16.0 Å². The van der Waals surface area contributed by atoms with Gasteiger partial charge in [-0.2, -0.15) is 0 Å². The summed E-state index contributed by atoms with van der Waals surface area (Å²) < 4.78 is 0.299. The van der Waals surface area contributed by atoms with E-state index in [0.29, 0.717) is 26.4 Å². The lowest BCUT2D eigenvalue weighted by Gasteiger charge is -2.28. The van der Waals surface area contributed by atoms with E-state index in [1.54, 1.807) is 31.2 Å². The average molecular weight is 480 g/mol. The highest BCUT2D eigenvalue weighted by Gasteiger charge is 2.32. The van der Waals surface area contributed by atoms with Crippen LogP contribution in [0.25, 0.3) is 0 Å². The standard InChI is InChI=1S/C19H16BrClN4O4/c1-9-3-5-12(21)8-14(9)23-18(26)16-10(2)22-19(27)24-17(16)11-4-6-13(20)15(7-11)25(28)29/h3-8,17H,1-2H3,(H,23,26)(H2,22,24,27)/t17-/m0/s1. The third kappa shape index (κ3) is 4.41. The molecule has 0 fully saturated rings. The van der Waals surface area contributed by atoms with Crippen molar-refractivity contribution >= 4 is 50.8 Å². The first-order valence-corrected chi connectivity index (χ1v) is 9.64. The van der Waals surface area contributed by atoms with Crippen molar-refractivity contribution in [3.63, 3.8) is 0 Å². The van der Waals surface area contributed by atoms with E-state index in [4.69, 9.17) is 11.6 Å². The molecule has 1 aliphatic rings. The van der Waals surface area contributed by atoms with Crippen LogP contribution in [0.2, 0.25) is 5.02 Å². The lowest BCUT2D eigenvalue weighted by atomic mass is 9.94. The predicted octanol–water partition coefficient (Wildman–Crippen LogP) is 4.59. The summed E-state index contributed by atoms with van der Waals surface area (Å²) >= 11 is 9.16. The number of amides is 3. The lowest BCUT2D eigenvalue weighted by molar-refractivity contribution is -0.385. The van der Waals surface area contributed by atoms with Crippen molar-refractivity contribution < 1.29 is 14.5 Å². The van der Waals surface area contributed by atoms with Gasteiger partial charge in [-0.05, 0) is 59.1 Å². The summed E-state index contributed by atoms with van der Waals surface area (Å²) in [5, 5.41) is 19.8. The molecule has 2 aromatic carbocycles. The number of nitro groups is 1. The van der Waals surface area contributed by atoms with E-state index in [2.05, 4.69) is 31.9 Å². The molecule has 0 unspecified atom stereocenters. The van der Waals surface area contributed by atoms with Gasteiger partial charge in [0.1, 0.15) is 0 Å². The monoisotopic (exact) mass is 478 g/mol. The van der Waals surface area contributed by atoms with Crippen LogP contribution in [0.5, 0.6) is 0 Å². The van der Waals surface area contributed by atoms with E-state index in [9.17, 15) is 19.7 Å². The number of benzene rings is 2. The Morgan fingerprint density at radius 2 is 1.97 bits per heavy atom. The smallest absolute Gasteiger partial charge is 0.319 e. The number of hydrogen-bond donors (Lipinski definition) is 3. The largest absolute Gasteiger partial charge is 0.327 e. The normalized spacial score (nSPS) is 16.1. The number of carbonyl (C=O) groups is 2. The van der Waals surface area contributed by atoms with Gasteiger partial charge in [-0.25, -0.2) is 4.79 Å². The molecule has 0 aliphatic carbocycles. The number of rotatable bonds is 4. The molecule has 0 spiro atoms. The van der Waals surface area contributed by atoms with Gasteiger partial charge >= 0.3 is 6.03 Å². The Kier molecular flexibility index (Phi) is 5.90. The van der Waals surface area contributed by atoms with Crippen molar-refractivity contribution in [2.75, 3.05) is 5.32 Å². The summed E-state index contributed by atoms with van der Waals surface area (Å²) in [5.41, 5.74) is 2.16. The number of aryl methyl sites for hydroxylation is 1. The Bertz CT molecular complexity index is 1070. The SMILES string of the molecule is CC1=C(C(=O)Nc2cc(Cl)ccc2C)[C@H](c2ccc(Br)c([N+](=O)[O-])c2)NC(=O)N1. The van der Waals surface area contributed by atoms with E-state index in [1.165, 1.54) is 12.1 Å². The second-order valence-electron chi connectivity index (χ2n) is 6.45. The minimum absolute atomic E-state index is 0.168. The first-order chi connectivity index (χ1) is 13.7. The molecule has 3 rings (SSSR count). The van der Waals surface area contributed by atoms with E-state index in [-0.39, 0.29) is 11.3 Å². The first-order valence-electron chi connectivity index (χ1n) is 8.47. The number of halogens is 2. The summed E-state index contributed by atoms with van der Waals surface area (Å²) in [6, 6.07) is 8.18. The summed E-state index contributed by atoms with van der Waals surface area (Å²) in [6.45, 7) is 3.42. The quantitative estimate of drug-likeness (QED) is 0.440. The average Bonchev–Trinajstić information content (AvgIpc) is 2.64. The fourth-order valence-corrected chi connectivity index (χ4v) is 3.58. The van der Waals surface area contributed by atoms with Gasteiger partial charge in [0.15, 0.2) is 0 Å².